The molecule has 39 heavy (non-hydrogen) atoms. The molecule has 3 aliphatic rings. The third-order valence-electron chi connectivity index (χ3n) is 8.66. The molecule has 0 unspecified atom stereocenters. The van der Waals surface area contributed by atoms with E-state index in [9.17, 15) is 19.5 Å². The quantitative estimate of drug-likeness (QED) is 0.473. The number of hydrogen-bond donors (Lipinski definition) is 3. The molecule has 2 fully saturated rings. The molecule has 3 atom stereocenters. The molecule has 216 valence electrons. The van der Waals surface area contributed by atoms with Gasteiger partial charge in [-0.1, -0.05) is 51.5 Å². The number of likely N-dealkylation sites (N-methyl/N-ethyl adjacent to an activating group) is 1. The van der Waals surface area contributed by atoms with Crippen LogP contribution in [0.15, 0.2) is 18.2 Å². The number of urea groups is 1. The van der Waals surface area contributed by atoms with Crippen LogP contribution in [0.4, 0.5) is 10.5 Å². The van der Waals surface area contributed by atoms with Crippen LogP contribution in [0.25, 0.3) is 0 Å². The lowest BCUT2D eigenvalue weighted by Crippen LogP contribution is -2.52. The van der Waals surface area contributed by atoms with Gasteiger partial charge < -0.3 is 30.3 Å². The molecule has 4 rings (SSSR count). The van der Waals surface area contributed by atoms with E-state index in [4.69, 9.17) is 4.74 Å². The topological polar surface area (TPSA) is 111 Å². The van der Waals surface area contributed by atoms with Crippen LogP contribution < -0.4 is 15.4 Å². The van der Waals surface area contributed by atoms with Crippen LogP contribution in [-0.4, -0.2) is 77.7 Å². The maximum absolute atomic E-state index is 13.7. The van der Waals surface area contributed by atoms with Gasteiger partial charge >= 0.3 is 6.03 Å². The second-order valence-electron chi connectivity index (χ2n) is 11.8. The van der Waals surface area contributed by atoms with Gasteiger partial charge in [0.25, 0.3) is 5.91 Å². The Morgan fingerprint density at radius 1 is 1.10 bits per heavy atom. The van der Waals surface area contributed by atoms with Gasteiger partial charge in [-0.3, -0.25) is 9.59 Å². The van der Waals surface area contributed by atoms with E-state index in [-0.39, 0.29) is 48.4 Å². The zero-order valence-electron chi connectivity index (χ0n) is 23.8. The van der Waals surface area contributed by atoms with Crippen molar-refractivity contribution in [3.63, 3.8) is 0 Å². The highest BCUT2D eigenvalue weighted by atomic mass is 16.5. The Hall–Kier alpha value is -2.81. The Balaban J connectivity index is 1.59. The van der Waals surface area contributed by atoms with Crippen molar-refractivity contribution in [2.45, 2.75) is 96.2 Å². The van der Waals surface area contributed by atoms with Crippen molar-refractivity contribution in [1.82, 2.24) is 15.1 Å². The van der Waals surface area contributed by atoms with Crippen molar-refractivity contribution in [3.8, 4) is 5.75 Å². The Bertz CT molecular complexity index is 1010. The van der Waals surface area contributed by atoms with Gasteiger partial charge in [0.2, 0.25) is 5.91 Å². The summed E-state index contributed by atoms with van der Waals surface area (Å²) in [5, 5.41) is 16.1. The molecule has 1 aliphatic heterocycles. The molecule has 9 heteroatoms. The normalized spacial score (nSPS) is 23.6. The van der Waals surface area contributed by atoms with E-state index in [2.05, 4.69) is 10.6 Å². The van der Waals surface area contributed by atoms with E-state index >= 15 is 0 Å². The molecule has 4 amide bonds. The van der Waals surface area contributed by atoms with Gasteiger partial charge in [0.05, 0.1) is 30.4 Å². The number of aliphatic hydroxyl groups is 1. The molecule has 2 aliphatic carbocycles. The van der Waals surface area contributed by atoms with Gasteiger partial charge in [0.15, 0.2) is 5.75 Å². The number of nitrogens with one attached hydrogen (secondary N) is 2. The number of para-hydroxylation sites is 1. The summed E-state index contributed by atoms with van der Waals surface area (Å²) < 4.78 is 6.57. The Morgan fingerprint density at radius 2 is 1.77 bits per heavy atom. The monoisotopic (exact) mass is 542 g/mol. The van der Waals surface area contributed by atoms with Gasteiger partial charge in [-0.15, -0.1) is 0 Å². The van der Waals surface area contributed by atoms with E-state index in [1.165, 1.54) is 6.42 Å². The molecule has 2 saturated carbocycles. The summed E-state index contributed by atoms with van der Waals surface area (Å²) in [6.07, 6.45) is 10.0. The van der Waals surface area contributed by atoms with E-state index in [1.54, 1.807) is 35.0 Å². The number of anilines is 1. The molecule has 0 spiro atoms. The van der Waals surface area contributed by atoms with Gasteiger partial charge in [0.1, 0.15) is 6.10 Å². The molecule has 0 bridgehead atoms. The fourth-order valence-electron chi connectivity index (χ4n) is 6.04. The number of rotatable bonds is 7. The van der Waals surface area contributed by atoms with Gasteiger partial charge in [-0.05, 0) is 44.7 Å². The van der Waals surface area contributed by atoms with E-state index in [0.717, 1.165) is 57.8 Å². The summed E-state index contributed by atoms with van der Waals surface area (Å²) in [6.45, 7) is 4.35. The molecule has 3 N–H and O–H groups in total. The van der Waals surface area contributed by atoms with Crippen LogP contribution in [0.1, 0.15) is 88.4 Å². The van der Waals surface area contributed by atoms with Gasteiger partial charge in [-0.25, -0.2) is 4.79 Å². The fraction of sp³-hybridized carbons (Fsp3) is 0.700. The second kappa shape index (κ2) is 13.5. The van der Waals surface area contributed by atoms with Crippen molar-refractivity contribution in [2.24, 2.45) is 11.8 Å². The van der Waals surface area contributed by atoms with Crippen molar-refractivity contribution < 1.29 is 24.2 Å². The van der Waals surface area contributed by atoms with E-state index in [1.807, 2.05) is 13.8 Å². The van der Waals surface area contributed by atoms with Crippen molar-refractivity contribution in [2.75, 3.05) is 32.1 Å². The standard InChI is InChI=1S/C30H46N4O5/c1-20-17-34(21(2)19-35)29(37)24-15-10-16-25(32-28(36)22-11-6-4-7-12-22)27(24)39-26(20)18-33(3)30(38)31-23-13-8-5-9-14-23/h10,15-16,20-23,26,35H,4-9,11-14,17-19H2,1-3H3,(H,31,38)(H,32,36)/t20-,21+,26-/m0/s1. The predicted octanol–water partition coefficient (Wildman–Crippen LogP) is 4.40. The Kier molecular flexibility index (Phi) is 10.1. The minimum Gasteiger partial charge on any atom is -0.485 e. The molecule has 0 radical (unpaired) electrons. The average molecular weight is 543 g/mol. The molecule has 1 aromatic rings. The molecule has 0 saturated heterocycles. The fourth-order valence-corrected chi connectivity index (χ4v) is 6.04. The summed E-state index contributed by atoms with van der Waals surface area (Å²) in [6, 6.07) is 4.91. The lowest BCUT2D eigenvalue weighted by molar-refractivity contribution is -0.120. The number of nitrogens with zero attached hydrogens (tertiary/aromatic N) is 2. The predicted molar refractivity (Wildman–Crippen MR) is 151 cm³/mol. The summed E-state index contributed by atoms with van der Waals surface area (Å²) in [7, 11) is 1.77. The third-order valence-corrected chi connectivity index (χ3v) is 8.66. The first-order valence-corrected chi connectivity index (χ1v) is 14.8. The Labute approximate surface area is 232 Å². The highest BCUT2D eigenvalue weighted by Gasteiger charge is 2.35. The summed E-state index contributed by atoms with van der Waals surface area (Å²) in [5.41, 5.74) is 0.824. The second-order valence-corrected chi connectivity index (χ2v) is 11.8. The number of carbonyl (C=O) groups excluding carboxylic acids is 3. The molecular weight excluding hydrogens is 496 g/mol. The number of hydrogen-bond acceptors (Lipinski definition) is 5. The minimum absolute atomic E-state index is 0.0460. The van der Waals surface area contributed by atoms with Crippen LogP contribution in [0.2, 0.25) is 0 Å². The summed E-state index contributed by atoms with van der Waals surface area (Å²) in [4.78, 5) is 43.2. The maximum atomic E-state index is 13.7. The lowest BCUT2D eigenvalue weighted by atomic mass is 9.88. The first-order chi connectivity index (χ1) is 18.8. The number of amides is 4. The summed E-state index contributed by atoms with van der Waals surface area (Å²) >= 11 is 0. The van der Waals surface area contributed by atoms with Crippen LogP contribution in [-0.2, 0) is 4.79 Å². The van der Waals surface area contributed by atoms with Crippen LogP contribution in [0.3, 0.4) is 0 Å². The van der Waals surface area contributed by atoms with Gasteiger partial charge in [-0.2, -0.15) is 0 Å². The third kappa shape index (κ3) is 7.24. The smallest absolute Gasteiger partial charge is 0.317 e. The molecular formula is C30H46N4O5. The SMILES string of the molecule is C[C@H](CO)N1C[C@H](C)[C@H](CN(C)C(=O)NC2CCCCC2)Oc2c(NC(=O)C3CCCCC3)cccc2C1=O. The van der Waals surface area contributed by atoms with Crippen LogP contribution in [0.5, 0.6) is 5.75 Å². The number of carbonyl (C=O) groups is 3. The maximum Gasteiger partial charge on any atom is 0.317 e. The number of fused-ring (bicyclic) bond motifs is 1. The molecule has 1 heterocycles. The zero-order chi connectivity index (χ0) is 27.9. The summed E-state index contributed by atoms with van der Waals surface area (Å²) in [5.74, 6) is -0.138. The molecule has 1 aromatic carbocycles. The Morgan fingerprint density at radius 3 is 2.44 bits per heavy atom. The number of ether oxygens (including phenoxy) is 1. The highest BCUT2D eigenvalue weighted by molar-refractivity contribution is 6.02. The first kappa shape index (κ1) is 29.2. The van der Waals surface area contributed by atoms with Crippen molar-refractivity contribution in [1.29, 1.82) is 0 Å². The molecule has 9 nitrogen and oxygen atoms in total. The van der Waals surface area contributed by atoms with Crippen molar-refractivity contribution in [3.05, 3.63) is 23.8 Å². The average Bonchev–Trinajstić information content (AvgIpc) is 2.95. The van der Waals surface area contributed by atoms with Gasteiger partial charge in [0, 0.05) is 31.5 Å². The number of aliphatic hydroxyl groups excluding tert-OH is 1. The van der Waals surface area contributed by atoms with Crippen molar-refractivity contribution >= 4 is 23.5 Å². The van der Waals surface area contributed by atoms with Crippen LogP contribution >= 0.6 is 0 Å². The van der Waals surface area contributed by atoms with E-state index < -0.39 is 6.10 Å². The zero-order valence-corrected chi connectivity index (χ0v) is 23.8. The molecule has 0 aromatic heterocycles. The highest BCUT2D eigenvalue weighted by Crippen LogP contribution is 2.36. The van der Waals surface area contributed by atoms with Crippen LogP contribution in [0, 0.1) is 11.8 Å². The lowest BCUT2D eigenvalue weighted by Gasteiger charge is -2.38. The van der Waals surface area contributed by atoms with E-state index in [0.29, 0.717) is 30.1 Å². The largest absolute Gasteiger partial charge is 0.485 e. The first-order valence-electron chi connectivity index (χ1n) is 14.8. The minimum atomic E-state index is -0.430. The number of benzene rings is 1.